The van der Waals surface area contributed by atoms with E-state index in [1.807, 2.05) is 6.92 Å². The molecule has 0 radical (unpaired) electrons. The van der Waals surface area contributed by atoms with Crippen molar-refractivity contribution < 1.29 is 13.7 Å². The van der Waals surface area contributed by atoms with E-state index in [1.165, 1.54) is 26.4 Å². The zero-order valence-corrected chi connectivity index (χ0v) is 11.9. The van der Waals surface area contributed by atoms with Gasteiger partial charge in [-0.25, -0.2) is 0 Å². The zero-order chi connectivity index (χ0) is 12.8. The molecule has 1 fully saturated rings. The molecule has 0 saturated heterocycles. The molecule has 0 amide bonds. The van der Waals surface area contributed by atoms with Crippen molar-refractivity contribution in [3.05, 3.63) is 0 Å². The Morgan fingerprint density at radius 1 is 1.35 bits per heavy atom. The first-order chi connectivity index (χ1) is 8.08. The molecule has 1 saturated carbocycles. The molecule has 3 nitrogen and oxygen atoms in total. The molecule has 100 valence electrons. The molecule has 0 aromatic carbocycles. The molecule has 0 aromatic rings. The standard InChI is InChI=1S/C13H24O3S/c1-4-11-5-7-12(8-6-11)17(15)10(2)9-13(14)16-3/h10-12H,4-9H2,1-3H3. The maximum Gasteiger partial charge on any atom is 0.306 e. The quantitative estimate of drug-likeness (QED) is 0.714. The highest BCUT2D eigenvalue weighted by atomic mass is 32.2. The first-order valence-electron chi connectivity index (χ1n) is 6.54. The van der Waals surface area contributed by atoms with Crippen LogP contribution in [0.2, 0.25) is 0 Å². The van der Waals surface area contributed by atoms with Crippen molar-refractivity contribution >= 4 is 16.8 Å². The van der Waals surface area contributed by atoms with Gasteiger partial charge in [0.2, 0.25) is 0 Å². The molecule has 1 rings (SSSR count). The van der Waals surface area contributed by atoms with E-state index >= 15 is 0 Å². The van der Waals surface area contributed by atoms with Gasteiger partial charge in [-0.15, -0.1) is 0 Å². The fourth-order valence-corrected chi connectivity index (χ4v) is 4.20. The van der Waals surface area contributed by atoms with Gasteiger partial charge in [0.25, 0.3) is 0 Å². The predicted octanol–water partition coefficient (Wildman–Crippen LogP) is 2.66. The van der Waals surface area contributed by atoms with Crippen LogP contribution in [0.25, 0.3) is 0 Å². The highest BCUT2D eigenvalue weighted by Gasteiger charge is 2.28. The van der Waals surface area contributed by atoms with Crippen LogP contribution in [-0.4, -0.2) is 27.8 Å². The van der Waals surface area contributed by atoms with Gasteiger partial charge in [-0.05, 0) is 31.6 Å². The zero-order valence-electron chi connectivity index (χ0n) is 11.1. The summed E-state index contributed by atoms with van der Waals surface area (Å²) >= 11 is 0. The molecule has 0 heterocycles. The smallest absolute Gasteiger partial charge is 0.306 e. The van der Waals surface area contributed by atoms with E-state index in [-0.39, 0.29) is 22.9 Å². The summed E-state index contributed by atoms with van der Waals surface area (Å²) < 4.78 is 16.9. The van der Waals surface area contributed by atoms with Gasteiger partial charge in [-0.2, -0.15) is 0 Å². The molecule has 1 aliphatic carbocycles. The van der Waals surface area contributed by atoms with Gasteiger partial charge < -0.3 is 4.74 Å². The summed E-state index contributed by atoms with van der Waals surface area (Å²) in [7, 11) is 0.488. The molecule has 2 atom stereocenters. The Hall–Kier alpha value is -0.380. The number of methoxy groups -OCH3 is 1. The Morgan fingerprint density at radius 2 is 1.94 bits per heavy atom. The van der Waals surface area contributed by atoms with Gasteiger partial charge in [-0.3, -0.25) is 9.00 Å². The Kier molecular flexibility index (Phi) is 6.17. The number of ether oxygens (including phenoxy) is 1. The van der Waals surface area contributed by atoms with Gasteiger partial charge >= 0.3 is 5.97 Å². The monoisotopic (exact) mass is 260 g/mol. The SMILES string of the molecule is CCC1CCC(S(=O)C(C)CC(=O)OC)CC1. The molecule has 0 aliphatic heterocycles. The third kappa shape index (κ3) is 4.41. The van der Waals surface area contributed by atoms with Crippen LogP contribution in [0.5, 0.6) is 0 Å². The van der Waals surface area contributed by atoms with Crippen LogP contribution < -0.4 is 0 Å². The second-order valence-electron chi connectivity index (χ2n) is 4.97. The Morgan fingerprint density at radius 3 is 2.41 bits per heavy atom. The lowest BCUT2D eigenvalue weighted by atomic mass is 9.87. The number of carbonyl (C=O) groups is 1. The van der Waals surface area contributed by atoms with E-state index in [1.54, 1.807) is 0 Å². The summed E-state index contributed by atoms with van der Waals surface area (Å²) in [5.74, 6) is 0.562. The van der Waals surface area contributed by atoms with Gasteiger partial charge in [0.1, 0.15) is 0 Å². The van der Waals surface area contributed by atoms with Crippen LogP contribution >= 0.6 is 0 Å². The molecule has 0 bridgehead atoms. The van der Waals surface area contributed by atoms with Crippen LogP contribution in [-0.2, 0) is 20.3 Å². The molecule has 0 spiro atoms. The van der Waals surface area contributed by atoms with Crippen LogP contribution in [0.4, 0.5) is 0 Å². The Bertz CT molecular complexity index is 270. The maximum atomic E-state index is 12.2. The molecule has 4 heteroatoms. The summed E-state index contributed by atoms with van der Waals surface area (Å²) in [5, 5.41) is 0.211. The Balaban J connectivity index is 2.40. The van der Waals surface area contributed by atoms with Crippen LogP contribution in [0.15, 0.2) is 0 Å². The third-order valence-electron chi connectivity index (χ3n) is 3.78. The lowest BCUT2D eigenvalue weighted by molar-refractivity contribution is -0.140. The van der Waals surface area contributed by atoms with Crippen molar-refractivity contribution in [1.82, 2.24) is 0 Å². The van der Waals surface area contributed by atoms with E-state index in [4.69, 9.17) is 0 Å². The van der Waals surface area contributed by atoms with Crippen molar-refractivity contribution in [2.45, 2.75) is 62.9 Å². The van der Waals surface area contributed by atoms with Gasteiger partial charge in [0, 0.05) is 21.3 Å². The fraction of sp³-hybridized carbons (Fsp3) is 0.923. The minimum Gasteiger partial charge on any atom is -0.469 e. The third-order valence-corrected chi connectivity index (χ3v) is 5.87. The molecule has 1 aliphatic rings. The molecular formula is C13H24O3S. The maximum absolute atomic E-state index is 12.2. The Labute approximate surface area is 107 Å². The topological polar surface area (TPSA) is 43.4 Å². The number of esters is 1. The van der Waals surface area contributed by atoms with Crippen molar-refractivity contribution in [1.29, 1.82) is 0 Å². The summed E-state index contributed by atoms with van der Waals surface area (Å²) in [6.45, 7) is 4.11. The lowest BCUT2D eigenvalue weighted by Crippen LogP contribution is -2.30. The van der Waals surface area contributed by atoms with Gasteiger partial charge in [0.05, 0.1) is 13.5 Å². The first kappa shape index (κ1) is 14.7. The fourth-order valence-electron chi connectivity index (χ4n) is 2.50. The molecule has 0 N–H and O–H groups in total. The van der Waals surface area contributed by atoms with E-state index < -0.39 is 10.8 Å². The van der Waals surface area contributed by atoms with Crippen molar-refractivity contribution in [3.8, 4) is 0 Å². The molecule has 0 aromatic heterocycles. The second-order valence-corrected chi connectivity index (χ2v) is 7.10. The van der Waals surface area contributed by atoms with Crippen LogP contribution in [0.1, 0.15) is 52.4 Å². The highest BCUT2D eigenvalue weighted by Crippen LogP contribution is 2.30. The number of rotatable bonds is 5. The first-order valence-corrected chi connectivity index (χ1v) is 7.82. The largest absolute Gasteiger partial charge is 0.469 e. The van der Waals surface area contributed by atoms with Crippen LogP contribution in [0, 0.1) is 5.92 Å². The van der Waals surface area contributed by atoms with E-state index in [2.05, 4.69) is 11.7 Å². The van der Waals surface area contributed by atoms with Crippen LogP contribution in [0.3, 0.4) is 0 Å². The predicted molar refractivity (Wildman–Crippen MR) is 70.3 cm³/mol. The highest BCUT2D eigenvalue weighted by molar-refractivity contribution is 7.86. The van der Waals surface area contributed by atoms with Crippen molar-refractivity contribution in [3.63, 3.8) is 0 Å². The number of hydrogen-bond donors (Lipinski definition) is 0. The van der Waals surface area contributed by atoms with Gasteiger partial charge in [-0.1, -0.05) is 20.3 Å². The van der Waals surface area contributed by atoms with Gasteiger partial charge in [0.15, 0.2) is 0 Å². The van der Waals surface area contributed by atoms with Crippen molar-refractivity contribution in [2.75, 3.05) is 7.11 Å². The molecular weight excluding hydrogens is 236 g/mol. The average Bonchev–Trinajstić information content (AvgIpc) is 2.37. The summed E-state index contributed by atoms with van der Waals surface area (Å²) in [5.41, 5.74) is 0. The molecule has 17 heavy (non-hydrogen) atoms. The second kappa shape index (κ2) is 7.14. The summed E-state index contributed by atoms with van der Waals surface area (Å²) in [6.07, 6.45) is 6.00. The minimum absolute atomic E-state index is 0.0781. The summed E-state index contributed by atoms with van der Waals surface area (Å²) in [6, 6.07) is 0. The number of hydrogen-bond acceptors (Lipinski definition) is 3. The molecule has 2 unspecified atom stereocenters. The van der Waals surface area contributed by atoms with Crippen molar-refractivity contribution in [2.24, 2.45) is 5.92 Å². The number of carbonyl (C=O) groups excluding carboxylic acids is 1. The average molecular weight is 260 g/mol. The van der Waals surface area contributed by atoms with E-state index in [9.17, 15) is 9.00 Å². The summed E-state index contributed by atoms with van der Waals surface area (Å²) in [4.78, 5) is 11.2. The van der Waals surface area contributed by atoms with E-state index in [0.717, 1.165) is 18.8 Å². The van der Waals surface area contributed by atoms with E-state index in [0.29, 0.717) is 0 Å². The normalized spacial score (nSPS) is 28.4. The minimum atomic E-state index is -0.891. The lowest BCUT2D eigenvalue weighted by Gasteiger charge is -2.28.